The molecule has 0 saturated carbocycles. The molecule has 6 heteroatoms. The Morgan fingerprint density at radius 3 is 2.21 bits per heavy atom. The topological polar surface area (TPSA) is 48.1 Å². The number of nitrogens with two attached hydrogens (primary N) is 1. The molecule has 0 spiro atoms. The molecule has 3 aromatic rings. The van der Waals surface area contributed by atoms with Crippen LogP contribution in [0.5, 0.6) is 11.6 Å². The first-order valence-electron chi connectivity index (χ1n) is 7.43. The highest BCUT2D eigenvalue weighted by molar-refractivity contribution is 5.95. The number of hydrogen-bond acceptors (Lipinski definition) is 3. The van der Waals surface area contributed by atoms with Crippen LogP contribution in [0.25, 0.3) is 10.8 Å². The third-order valence-corrected chi connectivity index (χ3v) is 3.20. The second-order valence-electron chi connectivity index (χ2n) is 4.68. The van der Waals surface area contributed by atoms with Crippen LogP contribution in [-0.2, 0) is 6.18 Å². The fourth-order valence-electron chi connectivity index (χ4n) is 2.11. The van der Waals surface area contributed by atoms with Crippen LogP contribution in [0.4, 0.5) is 18.9 Å². The van der Waals surface area contributed by atoms with Gasteiger partial charge in [-0.1, -0.05) is 19.9 Å². The van der Waals surface area contributed by atoms with Crippen LogP contribution in [0, 0.1) is 0 Å². The maximum absolute atomic E-state index is 12.5. The summed E-state index contributed by atoms with van der Waals surface area (Å²) in [5, 5.41) is 1.47. The van der Waals surface area contributed by atoms with Gasteiger partial charge in [-0.05, 0) is 42.5 Å². The third-order valence-electron chi connectivity index (χ3n) is 3.20. The summed E-state index contributed by atoms with van der Waals surface area (Å²) in [7, 11) is 0. The van der Waals surface area contributed by atoms with E-state index in [1.807, 2.05) is 13.8 Å². The van der Waals surface area contributed by atoms with Crippen LogP contribution >= 0.6 is 0 Å². The highest BCUT2D eigenvalue weighted by Crippen LogP contribution is 2.33. The Morgan fingerprint density at radius 2 is 1.58 bits per heavy atom. The first kappa shape index (κ1) is 17.6. The summed E-state index contributed by atoms with van der Waals surface area (Å²) in [6, 6.07) is 11.5. The summed E-state index contributed by atoms with van der Waals surface area (Å²) in [5.41, 5.74) is 5.73. The standard InChI is InChI=1S/C16H11F3N2O.C2H6/c17-16(18,19)10-4-6-11(7-5-10)22-15-13-2-1-3-14(20)12(13)8-9-21-15;1-2/h1-9H,20H2;1-2H3. The Kier molecular flexibility index (Phi) is 5.28. The van der Waals surface area contributed by atoms with Crippen LogP contribution in [0.2, 0.25) is 0 Å². The number of hydrogen-bond donors (Lipinski definition) is 1. The summed E-state index contributed by atoms with van der Waals surface area (Å²) >= 11 is 0. The molecule has 0 amide bonds. The SMILES string of the molecule is CC.Nc1cccc2c(Oc3ccc(C(F)(F)F)cc3)nccc12. The number of anilines is 1. The Bertz CT molecular complexity index is 815. The van der Waals surface area contributed by atoms with Gasteiger partial charge >= 0.3 is 6.18 Å². The third kappa shape index (κ3) is 3.76. The fraction of sp³-hybridized carbons (Fsp3) is 0.167. The maximum atomic E-state index is 12.5. The molecule has 1 heterocycles. The Labute approximate surface area is 137 Å². The molecule has 0 radical (unpaired) electrons. The molecule has 3 nitrogen and oxygen atoms in total. The van der Waals surface area contributed by atoms with Crippen molar-refractivity contribution in [3.63, 3.8) is 0 Å². The molecule has 2 N–H and O–H groups in total. The van der Waals surface area contributed by atoms with E-state index in [-0.39, 0.29) is 5.75 Å². The van der Waals surface area contributed by atoms with Crippen LogP contribution in [0.15, 0.2) is 54.7 Å². The quantitative estimate of drug-likeness (QED) is 0.616. The van der Waals surface area contributed by atoms with Gasteiger partial charge in [0, 0.05) is 22.7 Å². The Morgan fingerprint density at radius 1 is 0.917 bits per heavy atom. The van der Waals surface area contributed by atoms with E-state index >= 15 is 0 Å². The number of ether oxygens (including phenoxy) is 1. The van der Waals surface area contributed by atoms with Crippen molar-refractivity contribution in [3.8, 4) is 11.6 Å². The molecule has 0 aliphatic carbocycles. The van der Waals surface area contributed by atoms with E-state index in [1.165, 1.54) is 18.3 Å². The zero-order valence-corrected chi connectivity index (χ0v) is 13.3. The minimum Gasteiger partial charge on any atom is -0.438 e. The van der Waals surface area contributed by atoms with Gasteiger partial charge in [0.2, 0.25) is 5.88 Å². The lowest BCUT2D eigenvalue weighted by Crippen LogP contribution is -2.04. The number of halogens is 3. The van der Waals surface area contributed by atoms with Gasteiger partial charge in [-0.3, -0.25) is 0 Å². The van der Waals surface area contributed by atoms with E-state index in [9.17, 15) is 13.2 Å². The number of pyridine rings is 1. The summed E-state index contributed by atoms with van der Waals surface area (Å²) < 4.78 is 43.2. The molecule has 0 aliphatic rings. The first-order chi connectivity index (χ1) is 11.4. The van der Waals surface area contributed by atoms with Crippen molar-refractivity contribution in [3.05, 3.63) is 60.3 Å². The van der Waals surface area contributed by atoms with Crippen molar-refractivity contribution in [2.45, 2.75) is 20.0 Å². The van der Waals surface area contributed by atoms with E-state index in [2.05, 4.69) is 4.98 Å². The van der Waals surface area contributed by atoms with Crippen molar-refractivity contribution in [2.75, 3.05) is 5.73 Å². The van der Waals surface area contributed by atoms with Gasteiger partial charge < -0.3 is 10.5 Å². The predicted octanol–water partition coefficient (Wildman–Crippen LogP) is 5.65. The Balaban J connectivity index is 0.00000100. The summed E-state index contributed by atoms with van der Waals surface area (Å²) in [6.45, 7) is 4.00. The van der Waals surface area contributed by atoms with Crippen molar-refractivity contribution in [2.24, 2.45) is 0 Å². The molecule has 0 aliphatic heterocycles. The van der Waals surface area contributed by atoms with Crippen molar-refractivity contribution in [1.82, 2.24) is 4.98 Å². The molecule has 0 atom stereocenters. The van der Waals surface area contributed by atoms with E-state index in [4.69, 9.17) is 10.5 Å². The monoisotopic (exact) mass is 334 g/mol. The fourth-order valence-corrected chi connectivity index (χ4v) is 2.11. The van der Waals surface area contributed by atoms with E-state index < -0.39 is 11.7 Å². The normalized spacial score (nSPS) is 10.9. The molecular weight excluding hydrogens is 317 g/mol. The van der Waals surface area contributed by atoms with Crippen LogP contribution < -0.4 is 10.5 Å². The number of benzene rings is 2. The van der Waals surface area contributed by atoms with E-state index in [0.29, 0.717) is 17.0 Å². The zero-order valence-electron chi connectivity index (χ0n) is 13.3. The molecule has 0 unspecified atom stereocenters. The summed E-state index contributed by atoms with van der Waals surface area (Å²) in [6.07, 6.45) is -2.83. The number of alkyl halides is 3. The molecule has 3 rings (SSSR count). The molecule has 126 valence electrons. The van der Waals surface area contributed by atoms with Gasteiger partial charge in [0.25, 0.3) is 0 Å². The largest absolute Gasteiger partial charge is 0.438 e. The molecule has 0 bridgehead atoms. The highest BCUT2D eigenvalue weighted by Gasteiger charge is 2.30. The lowest BCUT2D eigenvalue weighted by Gasteiger charge is -2.10. The first-order valence-corrected chi connectivity index (χ1v) is 7.43. The lowest BCUT2D eigenvalue weighted by atomic mass is 10.1. The molecular formula is C18H17F3N2O. The van der Waals surface area contributed by atoms with Gasteiger partial charge in [-0.25, -0.2) is 4.98 Å². The Hall–Kier alpha value is -2.76. The van der Waals surface area contributed by atoms with Gasteiger partial charge in [-0.2, -0.15) is 13.2 Å². The van der Waals surface area contributed by atoms with Crippen LogP contribution in [0.1, 0.15) is 19.4 Å². The maximum Gasteiger partial charge on any atom is 0.416 e. The second-order valence-corrected chi connectivity index (χ2v) is 4.68. The van der Waals surface area contributed by atoms with Crippen LogP contribution in [-0.4, -0.2) is 4.98 Å². The van der Waals surface area contributed by atoms with Crippen molar-refractivity contribution in [1.29, 1.82) is 0 Å². The highest BCUT2D eigenvalue weighted by atomic mass is 19.4. The minimum atomic E-state index is -4.37. The van der Waals surface area contributed by atoms with E-state index in [1.54, 1.807) is 24.3 Å². The number of fused-ring (bicyclic) bond motifs is 1. The molecule has 2 aromatic carbocycles. The summed E-state index contributed by atoms with van der Waals surface area (Å²) in [4.78, 5) is 4.11. The predicted molar refractivity (Wildman–Crippen MR) is 89.0 cm³/mol. The number of nitrogen functional groups attached to an aromatic ring is 1. The van der Waals surface area contributed by atoms with E-state index in [0.717, 1.165) is 17.5 Å². The molecule has 0 saturated heterocycles. The number of aromatic nitrogens is 1. The second kappa shape index (κ2) is 7.21. The van der Waals surface area contributed by atoms with Gasteiger partial charge in [0.1, 0.15) is 5.75 Å². The average Bonchev–Trinajstić information content (AvgIpc) is 2.57. The van der Waals surface area contributed by atoms with Gasteiger partial charge in [0.15, 0.2) is 0 Å². The summed E-state index contributed by atoms with van der Waals surface area (Å²) in [5.74, 6) is 0.569. The van der Waals surface area contributed by atoms with Gasteiger partial charge in [0.05, 0.1) is 5.56 Å². The van der Waals surface area contributed by atoms with Crippen molar-refractivity contribution < 1.29 is 17.9 Å². The van der Waals surface area contributed by atoms with Crippen molar-refractivity contribution >= 4 is 16.5 Å². The average molecular weight is 334 g/mol. The zero-order chi connectivity index (χ0) is 17.7. The number of rotatable bonds is 2. The molecule has 1 aromatic heterocycles. The molecule has 24 heavy (non-hydrogen) atoms. The van der Waals surface area contributed by atoms with Gasteiger partial charge in [-0.15, -0.1) is 0 Å². The molecule has 0 fully saturated rings. The lowest BCUT2D eigenvalue weighted by molar-refractivity contribution is -0.137. The number of nitrogens with zero attached hydrogens (tertiary/aromatic N) is 1. The minimum absolute atomic E-state index is 0.274. The smallest absolute Gasteiger partial charge is 0.416 e. The van der Waals surface area contributed by atoms with Crippen LogP contribution in [0.3, 0.4) is 0 Å².